The fourth-order valence-corrected chi connectivity index (χ4v) is 1.98. The summed E-state index contributed by atoms with van der Waals surface area (Å²) in [7, 11) is 0. The van der Waals surface area contributed by atoms with Gasteiger partial charge in [0.05, 0.1) is 13.1 Å². The van der Waals surface area contributed by atoms with Crippen LogP contribution in [0.5, 0.6) is 0 Å². The molecule has 0 bridgehead atoms. The molecule has 0 atom stereocenters. The third-order valence-corrected chi connectivity index (χ3v) is 2.99. The van der Waals surface area contributed by atoms with E-state index in [9.17, 15) is 9.59 Å². The number of ether oxygens (including phenoxy) is 1. The van der Waals surface area contributed by atoms with Gasteiger partial charge in [-0.25, -0.2) is 4.79 Å². The lowest BCUT2D eigenvalue weighted by atomic mass is 10.1. The molecule has 1 aliphatic heterocycles. The number of benzene rings is 1. The molecule has 0 N–H and O–H groups in total. The second-order valence-corrected chi connectivity index (χ2v) is 4.41. The number of aryl methyl sites for hydroxylation is 1. The number of cyclic esters (lactones) is 1. The molecule has 0 aromatic heterocycles. The normalized spacial score (nSPS) is 14.7. The van der Waals surface area contributed by atoms with E-state index in [1.54, 1.807) is 0 Å². The number of rotatable bonds is 5. The second-order valence-electron chi connectivity index (χ2n) is 4.41. The first-order chi connectivity index (χ1) is 8.70. The minimum absolute atomic E-state index is 0.0445. The zero-order valence-corrected chi connectivity index (χ0v) is 10.5. The van der Waals surface area contributed by atoms with Gasteiger partial charge in [0.1, 0.15) is 6.61 Å². The fraction of sp³-hybridized carbons (Fsp3) is 0.429. The number of nitrogens with zero attached hydrogens (tertiary/aromatic N) is 1. The molecule has 1 aromatic carbocycles. The van der Waals surface area contributed by atoms with E-state index in [1.165, 1.54) is 10.5 Å². The van der Waals surface area contributed by atoms with Crippen LogP contribution in [0.4, 0.5) is 4.79 Å². The summed E-state index contributed by atoms with van der Waals surface area (Å²) in [5, 5.41) is 0. The summed E-state index contributed by atoms with van der Waals surface area (Å²) < 4.78 is 4.79. The molecule has 0 unspecified atom stereocenters. The molecular weight excluding hydrogens is 230 g/mol. The lowest BCUT2D eigenvalue weighted by Gasteiger charge is -2.11. The zero-order chi connectivity index (χ0) is 13.0. The molecule has 0 saturated carbocycles. The van der Waals surface area contributed by atoms with Crippen LogP contribution in [-0.2, 0) is 11.2 Å². The molecule has 0 radical (unpaired) electrons. The zero-order valence-electron chi connectivity index (χ0n) is 10.5. The molecular formula is C14H17NO3. The lowest BCUT2D eigenvalue weighted by Crippen LogP contribution is -2.30. The van der Waals surface area contributed by atoms with Crippen molar-refractivity contribution in [3.63, 3.8) is 0 Å². The van der Waals surface area contributed by atoms with Crippen LogP contribution >= 0.6 is 0 Å². The Bertz CT molecular complexity index is 439. The van der Waals surface area contributed by atoms with Crippen molar-refractivity contribution in [1.82, 2.24) is 4.90 Å². The first-order valence-corrected chi connectivity index (χ1v) is 6.24. The average molecular weight is 247 g/mol. The monoisotopic (exact) mass is 247 g/mol. The lowest BCUT2D eigenvalue weighted by molar-refractivity contribution is 0.0943. The van der Waals surface area contributed by atoms with E-state index < -0.39 is 6.09 Å². The summed E-state index contributed by atoms with van der Waals surface area (Å²) >= 11 is 0. The van der Waals surface area contributed by atoms with E-state index >= 15 is 0 Å². The highest BCUT2D eigenvalue weighted by Gasteiger charge is 2.24. The Balaban J connectivity index is 1.98. The van der Waals surface area contributed by atoms with Crippen molar-refractivity contribution in [3.05, 3.63) is 35.4 Å². The van der Waals surface area contributed by atoms with Gasteiger partial charge in [-0.2, -0.15) is 0 Å². The van der Waals surface area contributed by atoms with E-state index in [4.69, 9.17) is 4.74 Å². The molecule has 1 aromatic rings. The molecule has 1 saturated heterocycles. The van der Waals surface area contributed by atoms with E-state index in [2.05, 4.69) is 6.92 Å². The van der Waals surface area contributed by atoms with Gasteiger partial charge in [-0.15, -0.1) is 0 Å². The topological polar surface area (TPSA) is 46.6 Å². The SMILES string of the molecule is CCCc1ccc(C(=O)CN2CCOC2=O)cc1. The largest absolute Gasteiger partial charge is 0.448 e. The third kappa shape index (κ3) is 2.88. The second kappa shape index (κ2) is 5.67. The van der Waals surface area contributed by atoms with Crippen molar-refractivity contribution in [1.29, 1.82) is 0 Å². The van der Waals surface area contributed by atoms with Gasteiger partial charge >= 0.3 is 6.09 Å². The van der Waals surface area contributed by atoms with Crippen molar-refractivity contribution in [3.8, 4) is 0 Å². The van der Waals surface area contributed by atoms with Crippen molar-refractivity contribution < 1.29 is 14.3 Å². The van der Waals surface area contributed by atoms with Gasteiger partial charge in [0.2, 0.25) is 0 Å². The Morgan fingerprint density at radius 2 is 2.06 bits per heavy atom. The molecule has 0 aliphatic carbocycles. The molecule has 1 fully saturated rings. The van der Waals surface area contributed by atoms with Gasteiger partial charge in [-0.05, 0) is 12.0 Å². The fourth-order valence-electron chi connectivity index (χ4n) is 1.98. The minimum atomic E-state index is -0.397. The van der Waals surface area contributed by atoms with Gasteiger partial charge in [0, 0.05) is 5.56 Å². The Morgan fingerprint density at radius 3 is 2.61 bits per heavy atom. The summed E-state index contributed by atoms with van der Waals surface area (Å²) in [6, 6.07) is 7.60. The number of amides is 1. The number of hydrogen-bond donors (Lipinski definition) is 0. The molecule has 1 amide bonds. The number of carbonyl (C=O) groups excluding carboxylic acids is 2. The maximum absolute atomic E-state index is 12.0. The number of hydrogen-bond acceptors (Lipinski definition) is 3. The highest BCUT2D eigenvalue weighted by molar-refractivity contribution is 5.99. The predicted octanol–water partition coefficient (Wildman–Crippen LogP) is 2.27. The van der Waals surface area contributed by atoms with E-state index in [-0.39, 0.29) is 12.3 Å². The van der Waals surface area contributed by atoms with Gasteiger partial charge in [-0.1, -0.05) is 37.6 Å². The third-order valence-electron chi connectivity index (χ3n) is 2.99. The van der Waals surface area contributed by atoms with Crippen molar-refractivity contribution in [2.45, 2.75) is 19.8 Å². The first kappa shape index (κ1) is 12.6. The quantitative estimate of drug-likeness (QED) is 0.750. The highest BCUT2D eigenvalue weighted by atomic mass is 16.6. The molecule has 2 rings (SSSR count). The Hall–Kier alpha value is -1.84. The highest BCUT2D eigenvalue weighted by Crippen LogP contribution is 2.10. The van der Waals surface area contributed by atoms with Crippen LogP contribution in [0.15, 0.2) is 24.3 Å². The van der Waals surface area contributed by atoms with Crippen molar-refractivity contribution >= 4 is 11.9 Å². The molecule has 18 heavy (non-hydrogen) atoms. The Kier molecular flexibility index (Phi) is 3.97. The van der Waals surface area contributed by atoms with E-state index in [0.29, 0.717) is 18.7 Å². The molecule has 0 spiro atoms. The van der Waals surface area contributed by atoms with Gasteiger partial charge in [0.25, 0.3) is 0 Å². The first-order valence-electron chi connectivity index (χ1n) is 6.24. The molecule has 4 heteroatoms. The molecule has 4 nitrogen and oxygen atoms in total. The van der Waals surface area contributed by atoms with E-state index in [1.807, 2.05) is 24.3 Å². The van der Waals surface area contributed by atoms with Crippen molar-refractivity contribution in [2.75, 3.05) is 19.7 Å². The van der Waals surface area contributed by atoms with Crippen LogP contribution in [0, 0.1) is 0 Å². The van der Waals surface area contributed by atoms with Crippen LogP contribution < -0.4 is 0 Å². The van der Waals surface area contributed by atoms with Crippen LogP contribution in [0.3, 0.4) is 0 Å². The van der Waals surface area contributed by atoms with Crippen LogP contribution in [0.2, 0.25) is 0 Å². The van der Waals surface area contributed by atoms with Gasteiger partial charge < -0.3 is 4.74 Å². The standard InChI is InChI=1S/C14H17NO3/c1-2-3-11-4-6-12(7-5-11)13(16)10-15-8-9-18-14(15)17/h4-7H,2-3,8-10H2,1H3. The van der Waals surface area contributed by atoms with Gasteiger partial charge in [-0.3, -0.25) is 9.69 Å². The molecule has 96 valence electrons. The summed E-state index contributed by atoms with van der Waals surface area (Å²) in [5.41, 5.74) is 1.88. The number of carbonyl (C=O) groups is 2. The summed E-state index contributed by atoms with van der Waals surface area (Å²) in [6.07, 6.45) is 1.71. The summed E-state index contributed by atoms with van der Waals surface area (Å²) in [6.45, 7) is 3.10. The van der Waals surface area contributed by atoms with Crippen LogP contribution in [-0.4, -0.2) is 36.5 Å². The van der Waals surface area contributed by atoms with E-state index in [0.717, 1.165) is 12.8 Å². The number of Topliss-reactive ketones (excluding diaryl/α,β-unsaturated/α-hetero) is 1. The Labute approximate surface area is 107 Å². The summed E-state index contributed by atoms with van der Waals surface area (Å²) in [4.78, 5) is 24.6. The Morgan fingerprint density at radius 1 is 1.33 bits per heavy atom. The minimum Gasteiger partial charge on any atom is -0.448 e. The van der Waals surface area contributed by atoms with Crippen LogP contribution in [0.25, 0.3) is 0 Å². The van der Waals surface area contributed by atoms with Crippen molar-refractivity contribution in [2.24, 2.45) is 0 Å². The summed E-state index contributed by atoms with van der Waals surface area (Å²) in [5.74, 6) is -0.0445. The van der Waals surface area contributed by atoms with Gasteiger partial charge in [0.15, 0.2) is 5.78 Å². The molecule has 1 aliphatic rings. The predicted molar refractivity (Wildman–Crippen MR) is 67.7 cm³/mol. The average Bonchev–Trinajstić information content (AvgIpc) is 2.76. The maximum Gasteiger partial charge on any atom is 0.410 e. The van der Waals surface area contributed by atoms with Crippen LogP contribution in [0.1, 0.15) is 29.3 Å². The smallest absolute Gasteiger partial charge is 0.410 e. The number of ketones is 1. The maximum atomic E-state index is 12.0. The molecule has 1 heterocycles.